The number of amides is 1. The lowest BCUT2D eigenvalue weighted by molar-refractivity contribution is -0.192. The van der Waals surface area contributed by atoms with E-state index in [2.05, 4.69) is 21.8 Å². The van der Waals surface area contributed by atoms with Crippen LogP contribution in [0, 0.1) is 18.3 Å². The van der Waals surface area contributed by atoms with Gasteiger partial charge in [-0.15, -0.1) is 0 Å². The van der Waals surface area contributed by atoms with Crippen LogP contribution in [0.3, 0.4) is 0 Å². The number of benzene rings is 1. The first-order valence-electron chi connectivity index (χ1n) is 11.3. The lowest BCUT2D eigenvalue weighted by Gasteiger charge is -2.30. The molecule has 2 fully saturated rings. The zero-order chi connectivity index (χ0) is 25.6. The normalized spacial score (nSPS) is 22.2. The number of nitrogens with zero attached hydrogens (tertiary/aromatic N) is 3. The van der Waals surface area contributed by atoms with Crippen molar-refractivity contribution in [2.75, 3.05) is 39.8 Å². The Hall–Kier alpha value is -2.98. The summed E-state index contributed by atoms with van der Waals surface area (Å²) in [6.07, 6.45) is -0.395. The quantitative estimate of drug-likeness (QED) is 0.685. The molecule has 35 heavy (non-hydrogen) atoms. The van der Waals surface area contributed by atoms with Crippen LogP contribution in [0.1, 0.15) is 27.9 Å². The number of pyridine rings is 1. The maximum Gasteiger partial charge on any atom is 0.490 e. The molecule has 190 valence electrons. The molecule has 2 atom stereocenters. The highest BCUT2D eigenvalue weighted by Crippen LogP contribution is 2.44. The van der Waals surface area contributed by atoms with E-state index in [1.165, 1.54) is 0 Å². The first-order valence-corrected chi connectivity index (χ1v) is 11.3. The Morgan fingerprint density at radius 3 is 2.54 bits per heavy atom. The van der Waals surface area contributed by atoms with Gasteiger partial charge in [0.1, 0.15) is 0 Å². The van der Waals surface area contributed by atoms with Gasteiger partial charge in [0.25, 0.3) is 5.91 Å². The van der Waals surface area contributed by atoms with Gasteiger partial charge >= 0.3 is 12.1 Å². The van der Waals surface area contributed by atoms with E-state index in [0.29, 0.717) is 12.5 Å². The smallest absolute Gasteiger partial charge is 0.475 e. The van der Waals surface area contributed by atoms with Gasteiger partial charge in [-0.05, 0) is 43.7 Å². The van der Waals surface area contributed by atoms with Crippen LogP contribution in [0.2, 0.25) is 0 Å². The number of rotatable bonds is 5. The summed E-state index contributed by atoms with van der Waals surface area (Å²) in [5, 5.41) is 7.12. The minimum absolute atomic E-state index is 0.141. The first-order chi connectivity index (χ1) is 16.5. The number of aliphatic carboxylic acids is 1. The Morgan fingerprint density at radius 1 is 1.20 bits per heavy atom. The Balaban J connectivity index is 0.000000429. The van der Waals surface area contributed by atoms with Crippen molar-refractivity contribution < 1.29 is 32.6 Å². The molecule has 1 amide bonds. The molecule has 2 aliphatic heterocycles. The molecule has 2 saturated heterocycles. The minimum Gasteiger partial charge on any atom is -0.475 e. The lowest BCUT2D eigenvalue weighted by atomic mass is 9.77. The number of carbonyl (C=O) groups is 2. The van der Waals surface area contributed by atoms with Gasteiger partial charge in [0, 0.05) is 55.5 Å². The van der Waals surface area contributed by atoms with E-state index < -0.39 is 12.1 Å². The molecule has 2 aliphatic rings. The van der Waals surface area contributed by atoms with Crippen LogP contribution in [0.15, 0.2) is 48.8 Å². The molecule has 1 N–H and O–H groups in total. The fourth-order valence-corrected chi connectivity index (χ4v) is 4.85. The van der Waals surface area contributed by atoms with Crippen molar-refractivity contribution in [1.29, 1.82) is 0 Å². The second-order valence-corrected chi connectivity index (χ2v) is 9.23. The second-order valence-electron chi connectivity index (χ2n) is 9.23. The summed E-state index contributed by atoms with van der Waals surface area (Å²) < 4.78 is 37.8. The molecule has 4 rings (SSSR count). The fourth-order valence-electron chi connectivity index (χ4n) is 4.85. The van der Waals surface area contributed by atoms with Crippen LogP contribution >= 0.6 is 0 Å². The van der Waals surface area contributed by atoms with E-state index >= 15 is 0 Å². The molecule has 0 radical (unpaired) electrons. The monoisotopic (exact) mass is 493 g/mol. The van der Waals surface area contributed by atoms with Gasteiger partial charge in [-0.3, -0.25) is 9.78 Å². The van der Waals surface area contributed by atoms with Gasteiger partial charge < -0.3 is 19.6 Å². The van der Waals surface area contributed by atoms with Crippen LogP contribution in [-0.2, 0) is 16.1 Å². The summed E-state index contributed by atoms with van der Waals surface area (Å²) in [7, 11) is 2.18. The molecule has 0 aliphatic carbocycles. The Labute approximate surface area is 202 Å². The van der Waals surface area contributed by atoms with Crippen molar-refractivity contribution in [3.8, 4) is 0 Å². The molecular formula is C25H30F3N3O4. The van der Waals surface area contributed by atoms with Crippen LogP contribution in [0.5, 0.6) is 0 Å². The zero-order valence-electron chi connectivity index (χ0n) is 19.8. The Morgan fingerprint density at radius 2 is 1.91 bits per heavy atom. The molecule has 3 heterocycles. The number of carboxylic acid groups (broad SMARTS) is 1. The summed E-state index contributed by atoms with van der Waals surface area (Å²) in [6.45, 7) is 7.05. The number of hydrogen-bond donors (Lipinski definition) is 1. The van der Waals surface area contributed by atoms with Gasteiger partial charge in [-0.1, -0.05) is 24.3 Å². The SMILES string of the molecule is Cc1ccccc1C(=O)N1CC[C@@]2(CN(C)C[C@@H]2COCc2cccnc2)C1.O=C(O)C(F)(F)F. The van der Waals surface area contributed by atoms with Crippen LogP contribution < -0.4 is 0 Å². The summed E-state index contributed by atoms with van der Waals surface area (Å²) in [4.78, 5) is 30.6. The Kier molecular flexibility index (Phi) is 8.50. The standard InChI is InChI=1S/C23H29N3O2.C2HF3O2/c1-18-6-3-4-8-21(18)22(27)26-11-9-23(17-26)16-25(2)13-20(23)15-28-14-19-7-5-10-24-12-19;3-2(4,5)1(6)7/h3-8,10,12,20H,9,11,13-17H2,1-2H3;(H,6,7)/t20-,23-;/m1./s1. The van der Waals surface area contributed by atoms with E-state index in [9.17, 15) is 18.0 Å². The van der Waals surface area contributed by atoms with Gasteiger partial charge in [0.15, 0.2) is 0 Å². The third-order valence-electron chi connectivity index (χ3n) is 6.58. The highest BCUT2D eigenvalue weighted by Gasteiger charge is 2.50. The molecular weight excluding hydrogens is 463 g/mol. The van der Waals surface area contributed by atoms with Crippen LogP contribution in [0.25, 0.3) is 0 Å². The van der Waals surface area contributed by atoms with Crippen molar-refractivity contribution in [1.82, 2.24) is 14.8 Å². The number of halogens is 3. The topological polar surface area (TPSA) is 83.0 Å². The Bertz CT molecular complexity index is 1020. The average molecular weight is 494 g/mol. The third kappa shape index (κ3) is 6.79. The number of aryl methyl sites for hydroxylation is 1. The number of aromatic nitrogens is 1. The number of carboxylic acids is 1. The lowest BCUT2D eigenvalue weighted by Crippen LogP contribution is -2.38. The van der Waals surface area contributed by atoms with Crippen molar-refractivity contribution in [3.63, 3.8) is 0 Å². The zero-order valence-corrected chi connectivity index (χ0v) is 19.8. The summed E-state index contributed by atoms with van der Waals surface area (Å²) in [6, 6.07) is 11.9. The molecule has 2 aromatic rings. The van der Waals surface area contributed by atoms with E-state index in [1.54, 1.807) is 6.20 Å². The van der Waals surface area contributed by atoms with Crippen molar-refractivity contribution in [3.05, 3.63) is 65.5 Å². The highest BCUT2D eigenvalue weighted by atomic mass is 19.4. The molecule has 0 saturated carbocycles. The van der Waals surface area contributed by atoms with Crippen molar-refractivity contribution in [2.45, 2.75) is 26.1 Å². The van der Waals surface area contributed by atoms with Crippen molar-refractivity contribution >= 4 is 11.9 Å². The predicted octanol–water partition coefficient (Wildman–Crippen LogP) is 3.63. The average Bonchev–Trinajstić information content (AvgIpc) is 3.37. The minimum atomic E-state index is -5.08. The molecule has 1 aromatic carbocycles. The van der Waals surface area contributed by atoms with E-state index in [4.69, 9.17) is 14.6 Å². The second kappa shape index (κ2) is 11.2. The molecule has 1 spiro atoms. The van der Waals surface area contributed by atoms with E-state index in [1.807, 2.05) is 49.5 Å². The molecule has 7 nitrogen and oxygen atoms in total. The molecule has 10 heteroatoms. The fraction of sp³-hybridized carbons (Fsp3) is 0.480. The summed E-state index contributed by atoms with van der Waals surface area (Å²) >= 11 is 0. The number of likely N-dealkylation sites (tertiary alicyclic amines) is 2. The first kappa shape index (κ1) is 26.6. The highest BCUT2D eigenvalue weighted by molar-refractivity contribution is 5.95. The predicted molar refractivity (Wildman–Crippen MR) is 123 cm³/mol. The van der Waals surface area contributed by atoms with Gasteiger partial charge in [-0.25, -0.2) is 4.79 Å². The van der Waals surface area contributed by atoms with Gasteiger partial charge in [0.05, 0.1) is 13.2 Å². The summed E-state index contributed by atoms with van der Waals surface area (Å²) in [5.74, 6) is -2.14. The maximum absolute atomic E-state index is 13.1. The number of carbonyl (C=O) groups excluding carboxylic acids is 1. The van der Waals surface area contributed by atoms with E-state index in [-0.39, 0.29) is 11.3 Å². The maximum atomic E-state index is 13.1. The summed E-state index contributed by atoms with van der Waals surface area (Å²) in [5.41, 5.74) is 3.12. The van der Waals surface area contributed by atoms with Gasteiger partial charge in [-0.2, -0.15) is 13.2 Å². The molecule has 0 bridgehead atoms. The molecule has 1 aromatic heterocycles. The largest absolute Gasteiger partial charge is 0.490 e. The van der Waals surface area contributed by atoms with Crippen LogP contribution in [-0.4, -0.2) is 77.8 Å². The van der Waals surface area contributed by atoms with Crippen LogP contribution in [0.4, 0.5) is 13.2 Å². The molecule has 0 unspecified atom stereocenters. The number of hydrogen-bond acceptors (Lipinski definition) is 5. The van der Waals surface area contributed by atoms with Gasteiger partial charge in [0.2, 0.25) is 0 Å². The number of ether oxygens (including phenoxy) is 1. The van der Waals surface area contributed by atoms with E-state index in [0.717, 1.165) is 55.9 Å². The number of alkyl halides is 3. The third-order valence-corrected chi connectivity index (χ3v) is 6.58. The van der Waals surface area contributed by atoms with Crippen molar-refractivity contribution in [2.24, 2.45) is 11.3 Å².